The molecule has 27 heavy (non-hydrogen) atoms. The van der Waals surface area contributed by atoms with Crippen LogP contribution >= 0.6 is 11.6 Å². The molecule has 0 spiro atoms. The van der Waals surface area contributed by atoms with Crippen LogP contribution in [0.15, 0.2) is 79.1 Å². The van der Waals surface area contributed by atoms with Crippen molar-refractivity contribution in [2.75, 3.05) is 0 Å². The third kappa shape index (κ3) is 3.81. The summed E-state index contributed by atoms with van der Waals surface area (Å²) in [5.41, 5.74) is 3.94. The minimum atomic E-state index is -0.174. The molecular formula is C22H16ClN3O. The van der Waals surface area contributed by atoms with Crippen molar-refractivity contribution in [2.45, 2.75) is 6.54 Å². The highest BCUT2D eigenvalue weighted by molar-refractivity contribution is 6.30. The third-order valence-corrected chi connectivity index (χ3v) is 4.50. The maximum atomic E-state index is 12.9. The van der Waals surface area contributed by atoms with E-state index in [1.807, 2.05) is 60.7 Å². The molecule has 0 aliphatic heterocycles. The molecule has 0 unspecified atom stereocenters. The zero-order chi connectivity index (χ0) is 18.6. The first-order chi connectivity index (χ1) is 13.2. The summed E-state index contributed by atoms with van der Waals surface area (Å²) in [6, 6.07) is 20.9. The number of hydrogen-bond acceptors (Lipinski definition) is 3. The van der Waals surface area contributed by atoms with Crippen LogP contribution in [-0.2, 0) is 6.54 Å². The highest BCUT2D eigenvalue weighted by Gasteiger charge is 2.14. The van der Waals surface area contributed by atoms with Gasteiger partial charge in [-0.1, -0.05) is 54.1 Å². The topological polar surface area (TPSA) is 54.9 Å². The Morgan fingerprint density at radius 1 is 1.00 bits per heavy atom. The van der Waals surface area contributed by atoms with Gasteiger partial charge in [-0.2, -0.15) is 0 Å². The Morgan fingerprint density at radius 3 is 2.67 bits per heavy atom. The summed E-state index contributed by atoms with van der Waals surface area (Å²) in [5, 5.41) is 4.33. The average Bonchev–Trinajstić information content (AvgIpc) is 2.72. The van der Waals surface area contributed by atoms with Crippen molar-refractivity contribution in [3.8, 4) is 11.3 Å². The zero-order valence-corrected chi connectivity index (χ0v) is 15.1. The van der Waals surface area contributed by atoms with Crippen molar-refractivity contribution >= 4 is 28.4 Å². The lowest BCUT2D eigenvalue weighted by Crippen LogP contribution is -2.23. The smallest absolute Gasteiger partial charge is 0.252 e. The molecule has 0 aliphatic carbocycles. The quantitative estimate of drug-likeness (QED) is 0.554. The van der Waals surface area contributed by atoms with Crippen LogP contribution in [-0.4, -0.2) is 15.9 Å². The maximum Gasteiger partial charge on any atom is 0.252 e. The first-order valence-corrected chi connectivity index (χ1v) is 8.91. The molecule has 0 atom stereocenters. The normalized spacial score (nSPS) is 10.7. The summed E-state index contributed by atoms with van der Waals surface area (Å²) < 4.78 is 0. The van der Waals surface area contributed by atoms with E-state index in [1.165, 1.54) is 0 Å². The van der Waals surface area contributed by atoms with Crippen molar-refractivity contribution in [3.05, 3.63) is 95.3 Å². The monoisotopic (exact) mass is 373 g/mol. The SMILES string of the molecule is O=C(NCc1cccc(Cl)c1)c1cc(-c2ccccc2)nc2ccncc12. The molecule has 132 valence electrons. The molecule has 2 aromatic carbocycles. The number of benzene rings is 2. The second kappa shape index (κ2) is 7.56. The van der Waals surface area contributed by atoms with Gasteiger partial charge in [0.05, 0.1) is 16.8 Å². The van der Waals surface area contributed by atoms with Crippen molar-refractivity contribution in [3.63, 3.8) is 0 Å². The predicted molar refractivity (Wildman–Crippen MR) is 108 cm³/mol. The number of hydrogen-bond donors (Lipinski definition) is 1. The Labute approximate surface area is 161 Å². The number of pyridine rings is 2. The van der Waals surface area contributed by atoms with Crippen molar-refractivity contribution in [2.24, 2.45) is 0 Å². The number of rotatable bonds is 4. The van der Waals surface area contributed by atoms with Crippen molar-refractivity contribution < 1.29 is 4.79 Å². The van der Waals surface area contributed by atoms with Crippen LogP contribution in [0.4, 0.5) is 0 Å². The summed E-state index contributed by atoms with van der Waals surface area (Å²) in [4.78, 5) is 21.7. The van der Waals surface area contributed by atoms with Gasteiger partial charge >= 0.3 is 0 Å². The maximum absolute atomic E-state index is 12.9. The molecule has 0 fully saturated rings. The van der Waals surface area contributed by atoms with E-state index in [1.54, 1.807) is 18.5 Å². The molecule has 2 heterocycles. The van der Waals surface area contributed by atoms with Crippen LogP contribution < -0.4 is 5.32 Å². The van der Waals surface area contributed by atoms with E-state index in [0.717, 1.165) is 27.7 Å². The fraction of sp³-hybridized carbons (Fsp3) is 0.0455. The lowest BCUT2D eigenvalue weighted by Gasteiger charge is -2.10. The minimum Gasteiger partial charge on any atom is -0.348 e. The van der Waals surface area contributed by atoms with Gasteiger partial charge < -0.3 is 5.32 Å². The van der Waals surface area contributed by atoms with Crippen molar-refractivity contribution in [1.29, 1.82) is 0 Å². The Morgan fingerprint density at radius 2 is 1.85 bits per heavy atom. The van der Waals surface area contributed by atoms with Gasteiger partial charge in [0.15, 0.2) is 0 Å². The number of nitrogens with one attached hydrogen (secondary N) is 1. The fourth-order valence-electron chi connectivity index (χ4n) is 2.94. The molecule has 1 N–H and O–H groups in total. The van der Waals surface area contributed by atoms with Gasteiger partial charge in [-0.05, 0) is 29.8 Å². The molecule has 4 rings (SSSR count). The van der Waals surface area contributed by atoms with Crippen LogP contribution in [0.25, 0.3) is 22.2 Å². The van der Waals surface area contributed by atoms with Crippen LogP contribution in [0.1, 0.15) is 15.9 Å². The number of fused-ring (bicyclic) bond motifs is 1. The van der Waals surface area contributed by atoms with Gasteiger partial charge in [-0.15, -0.1) is 0 Å². The highest BCUT2D eigenvalue weighted by atomic mass is 35.5. The molecule has 0 aliphatic rings. The van der Waals surface area contributed by atoms with E-state index in [2.05, 4.69) is 15.3 Å². The number of aromatic nitrogens is 2. The van der Waals surface area contributed by atoms with Crippen LogP contribution in [0.2, 0.25) is 5.02 Å². The van der Waals surface area contributed by atoms with Gasteiger partial charge in [-0.3, -0.25) is 9.78 Å². The van der Waals surface area contributed by atoms with E-state index in [-0.39, 0.29) is 5.91 Å². The first-order valence-electron chi connectivity index (χ1n) is 8.53. The average molecular weight is 374 g/mol. The Kier molecular flexibility index (Phi) is 4.81. The summed E-state index contributed by atoms with van der Waals surface area (Å²) >= 11 is 6.01. The molecule has 5 heteroatoms. The van der Waals surface area contributed by atoms with Crippen LogP contribution in [0.5, 0.6) is 0 Å². The first kappa shape index (κ1) is 17.2. The summed E-state index contributed by atoms with van der Waals surface area (Å²) in [6.07, 6.45) is 3.35. The number of amides is 1. The summed E-state index contributed by atoms with van der Waals surface area (Å²) in [7, 11) is 0. The molecule has 0 bridgehead atoms. The highest BCUT2D eigenvalue weighted by Crippen LogP contribution is 2.24. The molecule has 0 saturated heterocycles. The van der Waals surface area contributed by atoms with Gasteiger partial charge in [0.1, 0.15) is 0 Å². The van der Waals surface area contributed by atoms with E-state index in [4.69, 9.17) is 11.6 Å². The number of halogens is 1. The summed E-state index contributed by atoms with van der Waals surface area (Å²) in [5.74, 6) is -0.174. The third-order valence-electron chi connectivity index (χ3n) is 4.27. The molecule has 2 aromatic heterocycles. The molecule has 0 saturated carbocycles. The van der Waals surface area contributed by atoms with Gasteiger partial charge in [0.2, 0.25) is 0 Å². The second-order valence-corrected chi connectivity index (χ2v) is 6.56. The summed E-state index contributed by atoms with van der Waals surface area (Å²) in [6.45, 7) is 0.393. The molecule has 1 amide bonds. The second-order valence-electron chi connectivity index (χ2n) is 6.13. The Bertz CT molecular complexity index is 1110. The minimum absolute atomic E-state index is 0.174. The lowest BCUT2D eigenvalue weighted by atomic mass is 10.0. The number of carbonyl (C=O) groups is 1. The molecular weight excluding hydrogens is 358 g/mol. The van der Waals surface area contributed by atoms with E-state index >= 15 is 0 Å². The van der Waals surface area contributed by atoms with Crippen LogP contribution in [0.3, 0.4) is 0 Å². The zero-order valence-electron chi connectivity index (χ0n) is 14.4. The molecule has 4 nitrogen and oxygen atoms in total. The van der Waals surface area contributed by atoms with E-state index in [0.29, 0.717) is 17.1 Å². The molecule has 0 radical (unpaired) electrons. The number of nitrogens with zero attached hydrogens (tertiary/aromatic N) is 2. The molecule has 4 aromatic rings. The van der Waals surface area contributed by atoms with Gasteiger partial charge in [0.25, 0.3) is 5.91 Å². The van der Waals surface area contributed by atoms with Crippen molar-refractivity contribution in [1.82, 2.24) is 15.3 Å². The van der Waals surface area contributed by atoms with Crippen LogP contribution in [0, 0.1) is 0 Å². The standard InChI is InChI=1S/C22H16ClN3O/c23-17-8-4-5-15(11-17)13-25-22(27)18-12-21(16-6-2-1-3-7-16)26-20-9-10-24-14-19(18)20/h1-12,14H,13H2,(H,25,27). The van der Waals surface area contributed by atoms with E-state index < -0.39 is 0 Å². The fourth-order valence-corrected chi connectivity index (χ4v) is 3.15. The lowest BCUT2D eigenvalue weighted by molar-refractivity contribution is 0.0952. The van der Waals surface area contributed by atoms with Gasteiger partial charge in [-0.25, -0.2) is 4.98 Å². The largest absolute Gasteiger partial charge is 0.348 e. The number of carbonyl (C=O) groups excluding carboxylic acids is 1. The predicted octanol–water partition coefficient (Wildman–Crippen LogP) is 4.88. The van der Waals surface area contributed by atoms with Gasteiger partial charge in [0, 0.05) is 34.9 Å². The Balaban J connectivity index is 1.70. The van der Waals surface area contributed by atoms with E-state index in [9.17, 15) is 4.79 Å². The Hall–Kier alpha value is -3.24.